The summed E-state index contributed by atoms with van der Waals surface area (Å²) in [5, 5.41) is 12.8. The normalized spacial score (nSPS) is 11.8. The highest BCUT2D eigenvalue weighted by Gasteiger charge is 2.19. The van der Waals surface area contributed by atoms with E-state index in [1.165, 1.54) is 0 Å². The molecule has 102 valence electrons. The molecule has 0 unspecified atom stereocenters. The summed E-state index contributed by atoms with van der Waals surface area (Å²) in [5.41, 5.74) is 1.50. The highest BCUT2D eigenvalue weighted by molar-refractivity contribution is 5.96. The van der Waals surface area contributed by atoms with E-state index in [-0.39, 0.29) is 17.9 Å². The number of furan rings is 1. The molecule has 2 rings (SSSR count). The summed E-state index contributed by atoms with van der Waals surface area (Å²) in [6, 6.07) is 7.53. The monoisotopic (exact) mass is 261 g/mol. The van der Waals surface area contributed by atoms with Gasteiger partial charge in [0.1, 0.15) is 5.58 Å². The predicted molar refractivity (Wildman–Crippen MR) is 74.2 cm³/mol. The fourth-order valence-corrected chi connectivity index (χ4v) is 1.74. The summed E-state index contributed by atoms with van der Waals surface area (Å²) in [6.45, 7) is 6.19. The molecule has 2 N–H and O–H groups in total. The quantitative estimate of drug-likeness (QED) is 0.888. The van der Waals surface area contributed by atoms with Gasteiger partial charge in [0.2, 0.25) is 0 Å². The van der Waals surface area contributed by atoms with E-state index in [2.05, 4.69) is 5.32 Å². The first-order valence-electron chi connectivity index (χ1n) is 6.30. The zero-order valence-corrected chi connectivity index (χ0v) is 11.5. The molecule has 1 heterocycles. The van der Waals surface area contributed by atoms with Gasteiger partial charge in [-0.3, -0.25) is 4.79 Å². The van der Waals surface area contributed by atoms with Crippen molar-refractivity contribution in [3.8, 4) is 0 Å². The number of amides is 1. The van der Waals surface area contributed by atoms with E-state index >= 15 is 0 Å². The standard InChI is InChI=1S/C15H19NO3/c1-10-4-5-12-11(6-10)7-13(19-12)14(18)16-8-15(2,3)9-17/h4-7,17H,8-9H2,1-3H3,(H,16,18). The molecule has 0 saturated carbocycles. The summed E-state index contributed by atoms with van der Waals surface area (Å²) in [4.78, 5) is 12.0. The van der Waals surface area contributed by atoms with Gasteiger partial charge in [0.15, 0.2) is 5.76 Å². The van der Waals surface area contributed by atoms with Crippen molar-refractivity contribution in [3.63, 3.8) is 0 Å². The first-order valence-corrected chi connectivity index (χ1v) is 6.30. The van der Waals surface area contributed by atoms with Crippen LogP contribution in [0.15, 0.2) is 28.7 Å². The molecule has 1 aromatic carbocycles. The summed E-state index contributed by atoms with van der Waals surface area (Å²) in [5.74, 6) is 0.0460. The summed E-state index contributed by atoms with van der Waals surface area (Å²) in [6.07, 6.45) is 0. The smallest absolute Gasteiger partial charge is 0.287 e. The van der Waals surface area contributed by atoms with Gasteiger partial charge < -0.3 is 14.8 Å². The highest BCUT2D eigenvalue weighted by Crippen LogP contribution is 2.21. The van der Waals surface area contributed by atoms with Crippen molar-refractivity contribution in [1.29, 1.82) is 0 Å². The molecule has 4 heteroatoms. The second-order valence-electron chi connectivity index (χ2n) is 5.66. The fraction of sp³-hybridized carbons (Fsp3) is 0.400. The van der Waals surface area contributed by atoms with Gasteiger partial charge in [-0.25, -0.2) is 0 Å². The number of aryl methyl sites for hydroxylation is 1. The third-order valence-corrected chi connectivity index (χ3v) is 3.05. The Morgan fingerprint density at radius 3 is 2.79 bits per heavy atom. The lowest BCUT2D eigenvalue weighted by Crippen LogP contribution is -2.35. The minimum atomic E-state index is -0.335. The van der Waals surface area contributed by atoms with Crippen LogP contribution in [0.3, 0.4) is 0 Å². The van der Waals surface area contributed by atoms with Crippen LogP contribution >= 0.6 is 0 Å². The number of nitrogens with one attached hydrogen (secondary N) is 1. The molecule has 4 nitrogen and oxygen atoms in total. The molecule has 1 amide bonds. The Labute approximate surface area is 112 Å². The topological polar surface area (TPSA) is 62.5 Å². The third kappa shape index (κ3) is 3.15. The van der Waals surface area contributed by atoms with E-state index in [1.54, 1.807) is 6.07 Å². The van der Waals surface area contributed by atoms with E-state index in [0.29, 0.717) is 17.9 Å². The molecule has 19 heavy (non-hydrogen) atoms. The summed E-state index contributed by atoms with van der Waals surface area (Å²) >= 11 is 0. The lowest BCUT2D eigenvalue weighted by atomic mass is 9.95. The van der Waals surface area contributed by atoms with Crippen LogP contribution in [0, 0.1) is 12.3 Å². The van der Waals surface area contributed by atoms with E-state index in [4.69, 9.17) is 9.52 Å². The Bertz CT molecular complexity index is 598. The van der Waals surface area contributed by atoms with Gasteiger partial charge in [0.25, 0.3) is 5.91 Å². The minimum absolute atomic E-state index is 0.0204. The maximum Gasteiger partial charge on any atom is 0.287 e. The van der Waals surface area contributed by atoms with Gasteiger partial charge in [-0.05, 0) is 25.1 Å². The van der Waals surface area contributed by atoms with Crippen LogP contribution in [0.4, 0.5) is 0 Å². The number of carbonyl (C=O) groups is 1. The molecule has 0 aliphatic rings. The van der Waals surface area contributed by atoms with Crippen molar-refractivity contribution in [2.45, 2.75) is 20.8 Å². The van der Waals surface area contributed by atoms with E-state index in [0.717, 1.165) is 10.9 Å². The Balaban J connectivity index is 2.13. The maximum atomic E-state index is 12.0. The minimum Gasteiger partial charge on any atom is -0.451 e. The van der Waals surface area contributed by atoms with Gasteiger partial charge in [0.05, 0.1) is 0 Å². The number of fused-ring (bicyclic) bond motifs is 1. The van der Waals surface area contributed by atoms with Crippen LogP contribution in [0.25, 0.3) is 11.0 Å². The van der Waals surface area contributed by atoms with Crippen molar-refractivity contribution >= 4 is 16.9 Å². The first-order chi connectivity index (χ1) is 8.91. The molecule has 0 bridgehead atoms. The Morgan fingerprint density at radius 1 is 1.37 bits per heavy atom. The second-order valence-corrected chi connectivity index (χ2v) is 5.66. The second kappa shape index (κ2) is 5.05. The molecule has 0 atom stereocenters. The first kappa shape index (κ1) is 13.6. The molecule has 0 spiro atoms. The zero-order chi connectivity index (χ0) is 14.0. The molecular weight excluding hydrogens is 242 g/mol. The lowest BCUT2D eigenvalue weighted by Gasteiger charge is -2.21. The third-order valence-electron chi connectivity index (χ3n) is 3.05. The largest absolute Gasteiger partial charge is 0.451 e. The molecule has 0 aliphatic heterocycles. The molecule has 0 aliphatic carbocycles. The van der Waals surface area contributed by atoms with Gasteiger partial charge in [-0.15, -0.1) is 0 Å². The summed E-state index contributed by atoms with van der Waals surface area (Å²) in [7, 11) is 0. The van der Waals surface area contributed by atoms with Gasteiger partial charge in [-0.2, -0.15) is 0 Å². The Hall–Kier alpha value is -1.81. The van der Waals surface area contributed by atoms with E-state index in [9.17, 15) is 4.79 Å². The van der Waals surface area contributed by atoms with Crippen molar-refractivity contribution in [2.24, 2.45) is 5.41 Å². The van der Waals surface area contributed by atoms with Crippen LogP contribution in [-0.2, 0) is 0 Å². The maximum absolute atomic E-state index is 12.0. The Morgan fingerprint density at radius 2 is 2.11 bits per heavy atom. The van der Waals surface area contributed by atoms with Gasteiger partial charge in [-0.1, -0.05) is 25.5 Å². The van der Waals surface area contributed by atoms with Crippen LogP contribution in [-0.4, -0.2) is 24.2 Å². The zero-order valence-electron chi connectivity index (χ0n) is 11.5. The average molecular weight is 261 g/mol. The number of hydrogen-bond donors (Lipinski definition) is 2. The van der Waals surface area contributed by atoms with E-state index < -0.39 is 0 Å². The highest BCUT2D eigenvalue weighted by atomic mass is 16.3. The van der Waals surface area contributed by atoms with E-state index in [1.807, 2.05) is 39.0 Å². The molecule has 0 fully saturated rings. The Kier molecular flexibility index (Phi) is 3.62. The average Bonchev–Trinajstić information content (AvgIpc) is 2.79. The molecule has 0 saturated heterocycles. The SMILES string of the molecule is Cc1ccc2oc(C(=O)NCC(C)(C)CO)cc2c1. The summed E-state index contributed by atoms with van der Waals surface area (Å²) < 4.78 is 5.51. The van der Waals surface area contributed by atoms with Crippen LogP contribution in [0.5, 0.6) is 0 Å². The molecule has 2 aromatic rings. The number of rotatable bonds is 4. The number of benzene rings is 1. The number of aliphatic hydroxyl groups excluding tert-OH is 1. The van der Waals surface area contributed by atoms with Crippen LogP contribution in [0.2, 0.25) is 0 Å². The fourth-order valence-electron chi connectivity index (χ4n) is 1.74. The predicted octanol–water partition coefficient (Wildman–Crippen LogP) is 2.49. The molecule has 0 radical (unpaired) electrons. The number of carbonyl (C=O) groups excluding carboxylic acids is 1. The van der Waals surface area contributed by atoms with Crippen molar-refractivity contribution in [3.05, 3.63) is 35.6 Å². The molecule has 1 aromatic heterocycles. The number of aliphatic hydroxyl groups is 1. The van der Waals surface area contributed by atoms with Crippen LogP contribution in [0.1, 0.15) is 30.0 Å². The molecular formula is C15H19NO3. The lowest BCUT2D eigenvalue weighted by molar-refractivity contribution is 0.0886. The van der Waals surface area contributed by atoms with Crippen molar-refractivity contribution in [2.75, 3.05) is 13.2 Å². The van der Waals surface area contributed by atoms with Crippen molar-refractivity contribution < 1.29 is 14.3 Å². The van der Waals surface area contributed by atoms with Crippen LogP contribution < -0.4 is 5.32 Å². The van der Waals surface area contributed by atoms with Gasteiger partial charge >= 0.3 is 0 Å². The van der Waals surface area contributed by atoms with Gasteiger partial charge in [0, 0.05) is 24.0 Å². The van der Waals surface area contributed by atoms with Crippen molar-refractivity contribution in [1.82, 2.24) is 5.32 Å². The number of hydrogen-bond acceptors (Lipinski definition) is 3.